The predicted octanol–water partition coefficient (Wildman–Crippen LogP) is 3.61. The molecule has 8 heteroatoms. The van der Waals surface area contributed by atoms with Crippen LogP contribution in [0.1, 0.15) is 5.56 Å². The molecule has 0 atom stereocenters. The van der Waals surface area contributed by atoms with Crippen molar-refractivity contribution in [2.45, 2.75) is 6.54 Å². The number of anilines is 2. The van der Waals surface area contributed by atoms with Gasteiger partial charge in [-0.05, 0) is 30.4 Å². The third-order valence-corrected chi connectivity index (χ3v) is 4.01. The van der Waals surface area contributed by atoms with Gasteiger partial charge < -0.3 is 20.1 Å². The maximum atomic E-state index is 13.7. The van der Waals surface area contributed by atoms with Gasteiger partial charge in [0.15, 0.2) is 22.4 Å². The molecule has 1 aromatic heterocycles. The molecule has 0 fully saturated rings. The predicted molar refractivity (Wildman–Crippen MR) is 100 cm³/mol. The van der Waals surface area contributed by atoms with E-state index in [1.165, 1.54) is 6.07 Å². The Hall–Kier alpha value is -3.13. The Bertz CT molecular complexity index is 960. The molecule has 0 aliphatic carbocycles. The molecule has 2 N–H and O–H groups in total. The van der Waals surface area contributed by atoms with Gasteiger partial charge in [0.25, 0.3) is 0 Å². The Morgan fingerprint density at radius 2 is 1.96 bits per heavy atom. The molecule has 4 rings (SSSR count). The zero-order chi connectivity index (χ0) is 17.9. The Morgan fingerprint density at radius 1 is 1.12 bits per heavy atom. The first-order valence-electron chi connectivity index (χ1n) is 7.92. The summed E-state index contributed by atoms with van der Waals surface area (Å²) < 4.78 is 26.0. The average Bonchev–Trinajstić information content (AvgIpc) is 3.25. The van der Waals surface area contributed by atoms with Crippen molar-refractivity contribution in [1.82, 2.24) is 9.78 Å². The molecule has 1 aliphatic heterocycles. The van der Waals surface area contributed by atoms with E-state index >= 15 is 0 Å². The van der Waals surface area contributed by atoms with Crippen LogP contribution in [0, 0.1) is 5.82 Å². The average molecular weight is 370 g/mol. The second-order valence-corrected chi connectivity index (χ2v) is 6.05. The van der Waals surface area contributed by atoms with E-state index in [1.807, 2.05) is 18.2 Å². The number of fused-ring (bicyclic) bond motifs is 1. The van der Waals surface area contributed by atoms with Gasteiger partial charge >= 0.3 is 0 Å². The lowest BCUT2D eigenvalue weighted by molar-refractivity contribution is 0.174. The van der Waals surface area contributed by atoms with E-state index < -0.39 is 0 Å². The molecule has 1 aliphatic rings. The summed E-state index contributed by atoms with van der Waals surface area (Å²) in [4.78, 5) is 0. The number of aromatic nitrogens is 2. The number of hydrogen-bond acceptors (Lipinski definition) is 4. The van der Waals surface area contributed by atoms with Gasteiger partial charge in [0.05, 0.1) is 6.54 Å². The molecule has 0 saturated carbocycles. The van der Waals surface area contributed by atoms with Crippen molar-refractivity contribution in [3.05, 3.63) is 66.1 Å². The van der Waals surface area contributed by atoms with Crippen LogP contribution >= 0.6 is 12.2 Å². The van der Waals surface area contributed by atoms with Crippen LogP contribution < -0.4 is 20.1 Å². The van der Waals surface area contributed by atoms with Crippen molar-refractivity contribution in [3.8, 4) is 11.5 Å². The van der Waals surface area contributed by atoms with Crippen LogP contribution in [-0.2, 0) is 6.54 Å². The Labute approximate surface area is 154 Å². The van der Waals surface area contributed by atoms with E-state index in [2.05, 4.69) is 15.7 Å². The largest absolute Gasteiger partial charge is 0.454 e. The van der Waals surface area contributed by atoms with Crippen molar-refractivity contribution in [3.63, 3.8) is 0 Å². The van der Waals surface area contributed by atoms with Gasteiger partial charge in [-0.1, -0.05) is 18.2 Å². The molecule has 0 radical (unpaired) electrons. The zero-order valence-corrected chi connectivity index (χ0v) is 14.4. The fourth-order valence-electron chi connectivity index (χ4n) is 2.57. The van der Waals surface area contributed by atoms with Crippen molar-refractivity contribution >= 4 is 28.8 Å². The van der Waals surface area contributed by atoms with Crippen molar-refractivity contribution in [1.29, 1.82) is 0 Å². The first-order chi connectivity index (χ1) is 12.7. The smallest absolute Gasteiger partial charge is 0.231 e. The van der Waals surface area contributed by atoms with Crippen LogP contribution in [0.15, 0.2) is 54.7 Å². The molecule has 0 unspecified atom stereocenters. The zero-order valence-electron chi connectivity index (χ0n) is 13.6. The molecule has 3 aromatic rings. The first kappa shape index (κ1) is 16.3. The van der Waals surface area contributed by atoms with Gasteiger partial charge in [-0.2, -0.15) is 5.10 Å². The number of hydrogen-bond donors (Lipinski definition) is 2. The van der Waals surface area contributed by atoms with E-state index in [-0.39, 0.29) is 12.6 Å². The fraction of sp³-hybridized carbons (Fsp3) is 0.111. The number of nitrogens with one attached hydrogen (secondary N) is 2. The highest BCUT2D eigenvalue weighted by Gasteiger charge is 2.13. The number of halogens is 1. The summed E-state index contributed by atoms with van der Waals surface area (Å²) in [6.07, 6.45) is 1.76. The van der Waals surface area contributed by atoms with Gasteiger partial charge in [0.2, 0.25) is 6.79 Å². The highest BCUT2D eigenvalue weighted by Crippen LogP contribution is 2.34. The van der Waals surface area contributed by atoms with Crippen molar-refractivity contribution in [2.24, 2.45) is 0 Å². The monoisotopic (exact) mass is 370 g/mol. The SMILES string of the molecule is Fc1ccccc1Cn1ccc(NC(=S)Nc2ccc3c(c2)OCO3)n1. The minimum Gasteiger partial charge on any atom is -0.454 e. The van der Waals surface area contributed by atoms with E-state index in [0.29, 0.717) is 34.5 Å². The third-order valence-electron chi connectivity index (χ3n) is 3.80. The minimum absolute atomic E-state index is 0.223. The normalized spacial score (nSPS) is 12.0. The Kier molecular flexibility index (Phi) is 4.40. The number of ether oxygens (including phenoxy) is 2. The lowest BCUT2D eigenvalue weighted by Crippen LogP contribution is -2.19. The molecule has 0 saturated heterocycles. The van der Waals surface area contributed by atoms with Crippen LogP contribution in [0.4, 0.5) is 15.9 Å². The topological polar surface area (TPSA) is 60.3 Å². The van der Waals surface area contributed by atoms with Crippen molar-refractivity contribution in [2.75, 3.05) is 17.4 Å². The Morgan fingerprint density at radius 3 is 2.85 bits per heavy atom. The molecule has 6 nitrogen and oxygen atoms in total. The van der Waals surface area contributed by atoms with Gasteiger partial charge in [-0.15, -0.1) is 0 Å². The summed E-state index contributed by atoms with van der Waals surface area (Å²) in [5.41, 5.74) is 1.35. The van der Waals surface area contributed by atoms with Gasteiger partial charge in [0.1, 0.15) is 5.82 Å². The van der Waals surface area contributed by atoms with E-state index in [1.54, 1.807) is 35.1 Å². The fourth-order valence-corrected chi connectivity index (χ4v) is 2.79. The van der Waals surface area contributed by atoms with Crippen LogP contribution in [0.5, 0.6) is 11.5 Å². The number of benzene rings is 2. The molecule has 0 spiro atoms. The molecule has 26 heavy (non-hydrogen) atoms. The molecule has 2 aromatic carbocycles. The summed E-state index contributed by atoms with van der Waals surface area (Å²) >= 11 is 5.30. The number of rotatable bonds is 4. The summed E-state index contributed by atoms with van der Waals surface area (Å²) in [5, 5.41) is 10.8. The maximum Gasteiger partial charge on any atom is 0.231 e. The van der Waals surface area contributed by atoms with Crippen LogP contribution in [0.3, 0.4) is 0 Å². The molecule has 132 valence electrons. The van der Waals surface area contributed by atoms with Crippen molar-refractivity contribution < 1.29 is 13.9 Å². The molecular formula is C18H15FN4O2S. The number of thiocarbonyl (C=S) groups is 1. The van der Waals surface area contributed by atoms with E-state index in [0.717, 1.165) is 5.69 Å². The standard InChI is InChI=1S/C18H15FN4O2S/c19-14-4-2-1-3-12(14)10-23-8-7-17(22-23)21-18(26)20-13-5-6-15-16(9-13)25-11-24-15/h1-9H,10-11H2,(H2,20,21,22,26). The van der Waals surface area contributed by atoms with Gasteiger partial charge in [0, 0.05) is 29.6 Å². The summed E-state index contributed by atoms with van der Waals surface area (Å²) in [7, 11) is 0. The van der Waals surface area contributed by atoms with Gasteiger partial charge in [-0.3, -0.25) is 4.68 Å². The molecule has 0 bridgehead atoms. The third kappa shape index (κ3) is 3.60. The maximum absolute atomic E-state index is 13.7. The van der Waals surface area contributed by atoms with Crippen LogP contribution in [0.2, 0.25) is 0 Å². The molecular weight excluding hydrogens is 355 g/mol. The first-order valence-corrected chi connectivity index (χ1v) is 8.33. The van der Waals surface area contributed by atoms with Gasteiger partial charge in [-0.25, -0.2) is 4.39 Å². The second-order valence-electron chi connectivity index (χ2n) is 5.64. The Balaban J connectivity index is 1.38. The lowest BCUT2D eigenvalue weighted by Gasteiger charge is -2.09. The lowest BCUT2D eigenvalue weighted by atomic mass is 10.2. The summed E-state index contributed by atoms with van der Waals surface area (Å²) in [6.45, 7) is 0.567. The van der Waals surface area contributed by atoms with Crippen LogP contribution in [-0.4, -0.2) is 21.7 Å². The van der Waals surface area contributed by atoms with E-state index in [9.17, 15) is 4.39 Å². The molecule has 2 heterocycles. The van der Waals surface area contributed by atoms with E-state index in [4.69, 9.17) is 21.7 Å². The summed E-state index contributed by atoms with van der Waals surface area (Å²) in [6, 6.07) is 13.9. The number of nitrogens with zero attached hydrogens (tertiary/aromatic N) is 2. The highest BCUT2D eigenvalue weighted by atomic mass is 32.1. The molecule has 0 amide bonds. The second kappa shape index (κ2) is 7.01. The quantitative estimate of drug-likeness (QED) is 0.684. The summed E-state index contributed by atoms with van der Waals surface area (Å²) in [5.74, 6) is 1.70. The minimum atomic E-state index is -0.252. The van der Waals surface area contributed by atoms with Crippen LogP contribution in [0.25, 0.3) is 0 Å². The highest BCUT2D eigenvalue weighted by molar-refractivity contribution is 7.80.